The summed E-state index contributed by atoms with van der Waals surface area (Å²) in [7, 11) is 0. The van der Waals surface area contributed by atoms with Crippen LogP contribution in [-0.2, 0) is 0 Å². The van der Waals surface area contributed by atoms with Crippen LogP contribution in [0, 0.1) is 0 Å². The van der Waals surface area contributed by atoms with Crippen molar-refractivity contribution in [3.63, 3.8) is 0 Å². The molecule has 56 heavy (non-hydrogen) atoms. The van der Waals surface area contributed by atoms with Crippen molar-refractivity contribution < 1.29 is 4.42 Å². The number of para-hydroxylation sites is 1. The summed E-state index contributed by atoms with van der Waals surface area (Å²) in [5.41, 5.74) is 10.7. The maximum Gasteiger partial charge on any atom is 0.164 e. The van der Waals surface area contributed by atoms with Crippen LogP contribution in [0.25, 0.3) is 110 Å². The van der Waals surface area contributed by atoms with Gasteiger partial charge >= 0.3 is 0 Å². The predicted octanol–water partition coefficient (Wildman–Crippen LogP) is 13.5. The minimum absolute atomic E-state index is 0.596. The lowest BCUT2D eigenvalue weighted by Crippen LogP contribution is -2.01. The highest BCUT2D eigenvalue weighted by Crippen LogP contribution is 2.48. The van der Waals surface area contributed by atoms with E-state index in [0.717, 1.165) is 92.4 Å². The van der Waals surface area contributed by atoms with Crippen molar-refractivity contribution in [1.82, 2.24) is 19.9 Å². The lowest BCUT2D eigenvalue weighted by molar-refractivity contribution is 0.669. The second-order valence-electron chi connectivity index (χ2n) is 13.8. The third-order valence-corrected chi connectivity index (χ3v) is 11.5. The van der Waals surface area contributed by atoms with Gasteiger partial charge in [0.25, 0.3) is 0 Å². The average molecular weight is 735 g/mol. The van der Waals surface area contributed by atoms with Gasteiger partial charge in [-0.3, -0.25) is 0 Å². The van der Waals surface area contributed by atoms with E-state index in [1.807, 2.05) is 60.7 Å². The van der Waals surface area contributed by atoms with Crippen molar-refractivity contribution >= 4 is 54.3 Å². The van der Waals surface area contributed by atoms with Crippen molar-refractivity contribution in [2.45, 2.75) is 0 Å². The summed E-state index contributed by atoms with van der Waals surface area (Å²) in [6, 6.07) is 62.6. The van der Waals surface area contributed by atoms with Gasteiger partial charge in [-0.25, -0.2) is 19.9 Å². The van der Waals surface area contributed by atoms with Crippen molar-refractivity contribution in [3.05, 3.63) is 182 Å². The highest BCUT2D eigenvalue weighted by molar-refractivity contribution is 7.22. The van der Waals surface area contributed by atoms with Gasteiger partial charge in [0.1, 0.15) is 16.2 Å². The molecule has 6 heteroatoms. The molecule has 3 aromatic heterocycles. The number of furan rings is 1. The molecule has 0 aliphatic carbocycles. The second-order valence-corrected chi connectivity index (χ2v) is 14.8. The third-order valence-electron chi connectivity index (χ3n) is 10.4. The molecule has 3 heterocycles. The SMILES string of the molecule is c1ccc(-c2nc(-c3cc(-c4c5sc(-c6ccccc6)nc5cc5oc6ccccc6c45)c4ccccc4c3)nc(-c3ccccc3-c3ccccc3)n2)cc1. The fourth-order valence-corrected chi connectivity index (χ4v) is 8.88. The number of thiazole rings is 1. The lowest BCUT2D eigenvalue weighted by Gasteiger charge is -2.14. The second kappa shape index (κ2) is 13.2. The van der Waals surface area contributed by atoms with Gasteiger partial charge in [0.2, 0.25) is 0 Å². The van der Waals surface area contributed by atoms with E-state index >= 15 is 0 Å². The molecule has 0 spiro atoms. The Balaban J connectivity index is 1.21. The van der Waals surface area contributed by atoms with Crippen molar-refractivity contribution in [2.75, 3.05) is 0 Å². The van der Waals surface area contributed by atoms with Crippen molar-refractivity contribution in [1.29, 1.82) is 0 Å². The van der Waals surface area contributed by atoms with E-state index in [0.29, 0.717) is 17.5 Å². The van der Waals surface area contributed by atoms with Gasteiger partial charge in [0.05, 0.1) is 10.2 Å². The number of rotatable bonds is 6. The molecule has 0 radical (unpaired) electrons. The first-order valence-electron chi connectivity index (χ1n) is 18.6. The zero-order valence-corrected chi connectivity index (χ0v) is 30.7. The Morgan fingerprint density at radius 1 is 0.393 bits per heavy atom. The summed E-state index contributed by atoms with van der Waals surface area (Å²) >= 11 is 1.71. The monoisotopic (exact) mass is 734 g/mol. The van der Waals surface area contributed by atoms with Gasteiger partial charge in [-0.05, 0) is 45.7 Å². The highest BCUT2D eigenvalue weighted by Gasteiger charge is 2.23. The first-order valence-corrected chi connectivity index (χ1v) is 19.4. The Kier molecular flexibility index (Phi) is 7.60. The van der Waals surface area contributed by atoms with E-state index in [9.17, 15) is 0 Å². The highest BCUT2D eigenvalue weighted by atomic mass is 32.1. The number of nitrogens with zero attached hydrogens (tertiary/aromatic N) is 4. The summed E-state index contributed by atoms with van der Waals surface area (Å²) in [5.74, 6) is 1.82. The molecular formula is C50H30N4OS. The number of aromatic nitrogens is 4. The number of benzene rings is 8. The quantitative estimate of drug-likeness (QED) is 0.170. The molecule has 0 saturated heterocycles. The topological polar surface area (TPSA) is 64.7 Å². The summed E-state index contributed by atoms with van der Waals surface area (Å²) in [5, 5.41) is 5.30. The molecule has 0 N–H and O–H groups in total. The third kappa shape index (κ3) is 5.46. The molecule has 262 valence electrons. The Morgan fingerprint density at radius 3 is 1.75 bits per heavy atom. The molecular weight excluding hydrogens is 705 g/mol. The molecule has 0 aliphatic rings. The van der Waals surface area contributed by atoms with Crippen LogP contribution in [0.5, 0.6) is 0 Å². The molecule has 5 nitrogen and oxygen atoms in total. The van der Waals surface area contributed by atoms with Crippen LogP contribution < -0.4 is 0 Å². The predicted molar refractivity (Wildman–Crippen MR) is 230 cm³/mol. The van der Waals surface area contributed by atoms with Gasteiger partial charge < -0.3 is 4.42 Å². The van der Waals surface area contributed by atoms with E-state index in [1.165, 1.54) is 0 Å². The molecule has 8 aromatic carbocycles. The molecule has 0 bridgehead atoms. The molecule has 0 fully saturated rings. The number of hydrogen-bond donors (Lipinski definition) is 0. The van der Waals surface area contributed by atoms with Crippen LogP contribution in [-0.4, -0.2) is 19.9 Å². The van der Waals surface area contributed by atoms with Crippen LogP contribution in [0.3, 0.4) is 0 Å². The first-order chi connectivity index (χ1) is 27.7. The maximum absolute atomic E-state index is 6.57. The smallest absolute Gasteiger partial charge is 0.164 e. The van der Waals surface area contributed by atoms with Gasteiger partial charge in [0, 0.05) is 44.7 Å². The lowest BCUT2D eigenvalue weighted by atomic mass is 9.92. The minimum Gasteiger partial charge on any atom is -0.456 e. The summed E-state index contributed by atoms with van der Waals surface area (Å²) < 4.78 is 7.67. The largest absolute Gasteiger partial charge is 0.456 e. The maximum atomic E-state index is 6.57. The normalized spacial score (nSPS) is 11.6. The van der Waals surface area contributed by atoms with E-state index in [1.54, 1.807) is 11.3 Å². The molecule has 0 amide bonds. The molecule has 0 aliphatic heterocycles. The van der Waals surface area contributed by atoms with Gasteiger partial charge in [-0.15, -0.1) is 11.3 Å². The van der Waals surface area contributed by atoms with Crippen LogP contribution in [0.4, 0.5) is 0 Å². The van der Waals surface area contributed by atoms with E-state index in [4.69, 9.17) is 24.4 Å². The van der Waals surface area contributed by atoms with E-state index in [2.05, 4.69) is 121 Å². The van der Waals surface area contributed by atoms with Crippen molar-refractivity contribution in [2.24, 2.45) is 0 Å². The minimum atomic E-state index is 0.596. The Bertz CT molecular complexity index is 3250. The summed E-state index contributed by atoms with van der Waals surface area (Å²) in [6.07, 6.45) is 0. The van der Waals surface area contributed by atoms with Crippen LogP contribution in [0.1, 0.15) is 0 Å². The Hall–Kier alpha value is -7.28. The molecule has 0 atom stereocenters. The van der Waals surface area contributed by atoms with Gasteiger partial charge in [-0.1, -0.05) is 158 Å². The van der Waals surface area contributed by atoms with Gasteiger partial charge in [-0.2, -0.15) is 0 Å². The first kappa shape index (κ1) is 32.2. The Morgan fingerprint density at radius 2 is 0.982 bits per heavy atom. The molecule has 11 aromatic rings. The number of hydrogen-bond acceptors (Lipinski definition) is 6. The van der Waals surface area contributed by atoms with Crippen LogP contribution in [0.15, 0.2) is 186 Å². The van der Waals surface area contributed by atoms with Crippen LogP contribution in [0.2, 0.25) is 0 Å². The van der Waals surface area contributed by atoms with Crippen LogP contribution >= 0.6 is 11.3 Å². The molecule has 0 saturated carbocycles. The zero-order chi connectivity index (χ0) is 37.0. The average Bonchev–Trinajstić information content (AvgIpc) is 3.87. The molecule has 11 rings (SSSR count). The van der Waals surface area contributed by atoms with E-state index < -0.39 is 0 Å². The summed E-state index contributed by atoms with van der Waals surface area (Å²) in [6.45, 7) is 0. The zero-order valence-electron chi connectivity index (χ0n) is 29.9. The van der Waals surface area contributed by atoms with Gasteiger partial charge in [0.15, 0.2) is 17.5 Å². The fraction of sp³-hybridized carbons (Fsp3) is 0. The fourth-order valence-electron chi connectivity index (χ4n) is 7.77. The molecule has 0 unspecified atom stereocenters. The van der Waals surface area contributed by atoms with E-state index in [-0.39, 0.29) is 0 Å². The van der Waals surface area contributed by atoms with Crippen molar-refractivity contribution in [3.8, 4) is 67.0 Å². The Labute approximate surface area is 326 Å². The standard InChI is InChI=1S/C50H30N4OS/c1-4-16-31(17-5-1)36-23-12-13-25-38(36)49-53-47(32-18-6-2-7-19-32)52-48(54-49)35-28-34-22-10-11-24-37(34)40(29-35)45-44-39-26-14-15-27-42(39)55-43(44)30-41-46(45)56-50(51-41)33-20-8-3-9-21-33/h1-30H. The summed E-state index contributed by atoms with van der Waals surface area (Å²) in [4.78, 5) is 20.8. The number of fused-ring (bicyclic) bond motifs is 5.